The van der Waals surface area contributed by atoms with Crippen LogP contribution in [0.1, 0.15) is 32.4 Å². The van der Waals surface area contributed by atoms with Crippen molar-refractivity contribution in [2.24, 2.45) is 14.1 Å². The number of anilines is 2. The Bertz CT molecular complexity index is 936. The molecule has 3 rings (SSSR count). The Hall–Kier alpha value is -3.36. The molecule has 0 saturated carbocycles. The number of hydrogen-bond acceptors (Lipinski definition) is 5. The van der Waals surface area contributed by atoms with E-state index in [1.165, 1.54) is 17.0 Å². The first kappa shape index (κ1) is 16.5. The number of nitrogens with one attached hydrogen (secondary N) is 2. The molecule has 0 bridgehead atoms. The van der Waals surface area contributed by atoms with E-state index >= 15 is 0 Å². The molecule has 0 atom stereocenters. The van der Waals surface area contributed by atoms with Crippen LogP contribution in [0.5, 0.6) is 0 Å². The van der Waals surface area contributed by atoms with Gasteiger partial charge in [0, 0.05) is 20.2 Å². The Morgan fingerprint density at radius 2 is 1.84 bits per heavy atom. The van der Waals surface area contributed by atoms with Crippen LogP contribution in [0.3, 0.4) is 0 Å². The highest BCUT2D eigenvalue weighted by Gasteiger charge is 2.19. The number of furan rings is 1. The summed E-state index contributed by atoms with van der Waals surface area (Å²) in [6.07, 6.45) is 1.41. The monoisotopic (exact) mass is 342 g/mol. The molecule has 3 aromatic heterocycles. The Morgan fingerprint density at radius 1 is 1.08 bits per heavy atom. The number of hydrogen-bond donors (Lipinski definition) is 2. The van der Waals surface area contributed by atoms with Crippen molar-refractivity contribution in [1.82, 2.24) is 19.6 Å². The Balaban J connectivity index is 1.77. The minimum Gasteiger partial charge on any atom is -0.459 e. The summed E-state index contributed by atoms with van der Waals surface area (Å²) in [7, 11) is 3.44. The molecule has 25 heavy (non-hydrogen) atoms. The third kappa shape index (κ3) is 3.16. The summed E-state index contributed by atoms with van der Waals surface area (Å²) >= 11 is 0. The summed E-state index contributed by atoms with van der Waals surface area (Å²) in [5.41, 5.74) is 2.39. The molecule has 2 amide bonds. The lowest BCUT2D eigenvalue weighted by atomic mass is 10.3. The van der Waals surface area contributed by atoms with E-state index in [-0.39, 0.29) is 17.4 Å². The van der Waals surface area contributed by atoms with Crippen LogP contribution in [0, 0.1) is 13.8 Å². The van der Waals surface area contributed by atoms with E-state index in [1.54, 1.807) is 30.9 Å². The van der Waals surface area contributed by atoms with Gasteiger partial charge in [-0.05, 0) is 26.0 Å². The first-order valence-corrected chi connectivity index (χ1v) is 7.57. The summed E-state index contributed by atoms with van der Waals surface area (Å²) in [5, 5.41) is 13.9. The fraction of sp³-hybridized carbons (Fsp3) is 0.250. The van der Waals surface area contributed by atoms with Gasteiger partial charge in [0.25, 0.3) is 11.8 Å². The van der Waals surface area contributed by atoms with Crippen LogP contribution >= 0.6 is 0 Å². The van der Waals surface area contributed by atoms with Gasteiger partial charge in [0.1, 0.15) is 5.82 Å². The predicted molar refractivity (Wildman–Crippen MR) is 90.5 cm³/mol. The molecule has 0 aliphatic rings. The fourth-order valence-corrected chi connectivity index (χ4v) is 2.41. The van der Waals surface area contributed by atoms with E-state index in [2.05, 4.69) is 20.8 Å². The third-order valence-electron chi connectivity index (χ3n) is 3.85. The van der Waals surface area contributed by atoms with Gasteiger partial charge in [-0.3, -0.25) is 19.0 Å². The van der Waals surface area contributed by atoms with Gasteiger partial charge in [-0.15, -0.1) is 0 Å². The molecule has 3 heterocycles. The second-order valence-electron chi connectivity index (χ2n) is 5.59. The molecule has 0 radical (unpaired) electrons. The molecular formula is C16H18N6O3. The zero-order chi connectivity index (χ0) is 18.1. The van der Waals surface area contributed by atoms with Gasteiger partial charge in [-0.2, -0.15) is 10.2 Å². The lowest BCUT2D eigenvalue weighted by Crippen LogP contribution is -2.14. The first-order chi connectivity index (χ1) is 11.9. The number of aryl methyl sites for hydroxylation is 3. The van der Waals surface area contributed by atoms with Gasteiger partial charge in [0.2, 0.25) is 0 Å². The molecule has 0 saturated heterocycles. The van der Waals surface area contributed by atoms with E-state index in [9.17, 15) is 9.59 Å². The molecule has 0 aliphatic carbocycles. The molecule has 0 spiro atoms. The highest BCUT2D eigenvalue weighted by Crippen LogP contribution is 2.20. The summed E-state index contributed by atoms with van der Waals surface area (Å²) in [6.45, 7) is 3.68. The lowest BCUT2D eigenvalue weighted by Gasteiger charge is -2.03. The van der Waals surface area contributed by atoms with Crippen molar-refractivity contribution in [2.75, 3.05) is 10.6 Å². The number of carbonyl (C=O) groups excluding carboxylic acids is 2. The summed E-state index contributed by atoms with van der Waals surface area (Å²) in [4.78, 5) is 24.5. The summed E-state index contributed by atoms with van der Waals surface area (Å²) in [5.74, 6) is -0.243. The minimum atomic E-state index is -0.418. The molecule has 2 N–H and O–H groups in total. The largest absolute Gasteiger partial charge is 0.459 e. The molecule has 0 fully saturated rings. The van der Waals surface area contributed by atoms with E-state index < -0.39 is 5.91 Å². The molecule has 9 heteroatoms. The first-order valence-electron chi connectivity index (χ1n) is 7.57. The highest BCUT2D eigenvalue weighted by molar-refractivity contribution is 6.05. The zero-order valence-corrected chi connectivity index (χ0v) is 14.3. The maximum Gasteiger partial charge on any atom is 0.292 e. The van der Waals surface area contributed by atoms with Gasteiger partial charge in [0.15, 0.2) is 11.5 Å². The van der Waals surface area contributed by atoms with Gasteiger partial charge in [-0.1, -0.05) is 0 Å². The van der Waals surface area contributed by atoms with Crippen molar-refractivity contribution in [2.45, 2.75) is 13.8 Å². The summed E-state index contributed by atoms with van der Waals surface area (Å²) < 4.78 is 8.15. The van der Waals surface area contributed by atoms with Crippen molar-refractivity contribution in [3.8, 4) is 0 Å². The standard InChI is InChI=1S/C16H18N6O3/c1-9-14(10(2)21(3)19-9)18-15(23)11-8-13(22(4)20-11)17-16(24)12-6-5-7-25-12/h5-8H,1-4H3,(H,17,24)(H,18,23). The Kier molecular flexibility index (Phi) is 4.14. The predicted octanol–water partition coefficient (Wildman–Crippen LogP) is 1.87. The Labute approximate surface area is 143 Å². The average molecular weight is 342 g/mol. The van der Waals surface area contributed by atoms with Gasteiger partial charge in [0.05, 0.1) is 23.3 Å². The van der Waals surface area contributed by atoms with Crippen LogP contribution in [0.4, 0.5) is 11.5 Å². The van der Waals surface area contributed by atoms with Crippen LogP contribution in [0.2, 0.25) is 0 Å². The quantitative estimate of drug-likeness (QED) is 0.753. The highest BCUT2D eigenvalue weighted by atomic mass is 16.3. The maximum absolute atomic E-state index is 12.5. The molecular weight excluding hydrogens is 324 g/mol. The van der Waals surface area contributed by atoms with Crippen LogP contribution in [-0.2, 0) is 14.1 Å². The van der Waals surface area contributed by atoms with Crippen LogP contribution in [0.25, 0.3) is 0 Å². The second-order valence-corrected chi connectivity index (χ2v) is 5.59. The van der Waals surface area contributed by atoms with E-state index in [0.717, 1.165) is 11.4 Å². The molecule has 0 unspecified atom stereocenters. The lowest BCUT2D eigenvalue weighted by molar-refractivity contribution is 0.0993. The third-order valence-corrected chi connectivity index (χ3v) is 3.85. The molecule has 130 valence electrons. The zero-order valence-electron chi connectivity index (χ0n) is 14.3. The minimum absolute atomic E-state index is 0.175. The maximum atomic E-state index is 12.5. The molecule has 0 aliphatic heterocycles. The van der Waals surface area contributed by atoms with E-state index in [1.807, 2.05) is 13.8 Å². The van der Waals surface area contributed by atoms with Crippen molar-refractivity contribution in [3.05, 3.63) is 47.3 Å². The van der Waals surface area contributed by atoms with Gasteiger partial charge >= 0.3 is 0 Å². The molecule has 9 nitrogen and oxygen atoms in total. The van der Waals surface area contributed by atoms with Crippen LogP contribution in [0.15, 0.2) is 28.9 Å². The molecule has 0 aromatic carbocycles. The summed E-state index contributed by atoms with van der Waals surface area (Å²) in [6, 6.07) is 4.67. The van der Waals surface area contributed by atoms with E-state index in [0.29, 0.717) is 11.5 Å². The smallest absolute Gasteiger partial charge is 0.292 e. The van der Waals surface area contributed by atoms with Crippen molar-refractivity contribution in [1.29, 1.82) is 0 Å². The fourth-order valence-electron chi connectivity index (χ4n) is 2.41. The van der Waals surface area contributed by atoms with Crippen LogP contribution < -0.4 is 10.6 Å². The topological polar surface area (TPSA) is 107 Å². The average Bonchev–Trinajstić information content (AvgIpc) is 3.26. The number of amides is 2. The van der Waals surface area contributed by atoms with Gasteiger partial charge < -0.3 is 15.1 Å². The molecule has 3 aromatic rings. The second kappa shape index (κ2) is 6.27. The number of rotatable bonds is 4. The Morgan fingerprint density at radius 3 is 2.44 bits per heavy atom. The normalized spacial score (nSPS) is 10.7. The van der Waals surface area contributed by atoms with Crippen molar-refractivity contribution >= 4 is 23.3 Å². The van der Waals surface area contributed by atoms with Crippen molar-refractivity contribution < 1.29 is 14.0 Å². The number of carbonyl (C=O) groups is 2. The SMILES string of the molecule is Cc1nn(C)c(C)c1NC(=O)c1cc(NC(=O)c2ccco2)n(C)n1. The number of aromatic nitrogens is 4. The van der Waals surface area contributed by atoms with Crippen molar-refractivity contribution in [3.63, 3.8) is 0 Å². The van der Waals surface area contributed by atoms with E-state index in [4.69, 9.17) is 4.42 Å². The van der Waals surface area contributed by atoms with Crippen LogP contribution in [-0.4, -0.2) is 31.4 Å². The number of nitrogens with zero attached hydrogens (tertiary/aromatic N) is 4. The van der Waals surface area contributed by atoms with Gasteiger partial charge in [-0.25, -0.2) is 0 Å².